The first-order valence-corrected chi connectivity index (χ1v) is 18.7. The number of cyclic esters (lactones) is 1. The molecule has 3 fully saturated rings. The first-order chi connectivity index (χ1) is 23.8. The molecule has 2 unspecified atom stereocenters. The molecule has 7 N–H and O–H groups in total. The monoisotopic (exact) mass is 748 g/mol. The lowest BCUT2D eigenvalue weighted by atomic mass is 9.71. The highest BCUT2D eigenvalue weighted by atomic mass is 16.7. The number of carbonyl (C=O) groups excluding carboxylic acids is 2. The zero-order valence-corrected chi connectivity index (χ0v) is 33.4. The first kappa shape index (κ1) is 45.1. The van der Waals surface area contributed by atoms with Gasteiger partial charge in [-0.05, 0) is 74.9 Å². The summed E-state index contributed by atoms with van der Waals surface area (Å²) in [4.78, 5) is 29.9. The highest BCUT2D eigenvalue weighted by molar-refractivity contribution is 5.84. The van der Waals surface area contributed by atoms with E-state index in [4.69, 9.17) is 34.2 Å². The van der Waals surface area contributed by atoms with Gasteiger partial charge in [0.1, 0.15) is 29.7 Å². The predicted octanol–water partition coefficient (Wildman–Crippen LogP) is 1.07. The number of ketones is 1. The van der Waals surface area contributed by atoms with Gasteiger partial charge in [0.25, 0.3) is 0 Å². The zero-order chi connectivity index (χ0) is 39.9. The summed E-state index contributed by atoms with van der Waals surface area (Å²) in [6, 6.07) is -0.342. The van der Waals surface area contributed by atoms with Gasteiger partial charge in [0, 0.05) is 31.4 Å². The van der Waals surface area contributed by atoms with Crippen molar-refractivity contribution >= 4 is 11.8 Å². The van der Waals surface area contributed by atoms with E-state index in [9.17, 15) is 35.1 Å². The maximum absolute atomic E-state index is 14.1. The van der Waals surface area contributed by atoms with Crippen LogP contribution in [0.1, 0.15) is 94.9 Å². The number of aliphatic hydroxyl groups excluding tert-OH is 2. The molecular formula is C37H68N2O13. The number of esters is 1. The van der Waals surface area contributed by atoms with Crippen LogP contribution in [-0.2, 0) is 38.0 Å². The highest BCUT2D eigenvalue weighted by Gasteiger charge is 2.57. The van der Waals surface area contributed by atoms with Crippen molar-refractivity contribution in [1.29, 1.82) is 0 Å². The molecule has 0 spiro atoms. The van der Waals surface area contributed by atoms with E-state index in [0.717, 1.165) is 0 Å². The number of nitrogens with zero attached hydrogens (tertiary/aromatic N) is 1. The summed E-state index contributed by atoms with van der Waals surface area (Å²) < 4.78 is 37.0. The molecule has 3 heterocycles. The van der Waals surface area contributed by atoms with Gasteiger partial charge in [-0.25, -0.2) is 0 Å². The Labute approximate surface area is 309 Å². The minimum absolute atomic E-state index is 0.0401. The molecule has 3 aliphatic rings. The van der Waals surface area contributed by atoms with Gasteiger partial charge in [-0.15, -0.1) is 0 Å². The van der Waals surface area contributed by atoms with Crippen LogP contribution in [0.25, 0.3) is 0 Å². The molecule has 52 heavy (non-hydrogen) atoms. The fourth-order valence-corrected chi connectivity index (χ4v) is 8.43. The van der Waals surface area contributed by atoms with Crippen molar-refractivity contribution in [3.05, 3.63) is 0 Å². The molecule has 0 bridgehead atoms. The lowest BCUT2D eigenvalue weighted by molar-refractivity contribution is -0.318. The van der Waals surface area contributed by atoms with Crippen LogP contribution < -0.4 is 5.73 Å². The average Bonchev–Trinajstić information content (AvgIpc) is 3.05. The molecule has 18 atom stereocenters. The van der Waals surface area contributed by atoms with Crippen molar-refractivity contribution in [3.63, 3.8) is 0 Å². The zero-order valence-electron chi connectivity index (χ0n) is 33.4. The molecule has 0 aromatic rings. The van der Waals surface area contributed by atoms with Crippen LogP contribution in [0.4, 0.5) is 0 Å². The van der Waals surface area contributed by atoms with Crippen LogP contribution in [0.3, 0.4) is 0 Å². The summed E-state index contributed by atoms with van der Waals surface area (Å²) in [5.41, 5.74) is -1.39. The Morgan fingerprint density at radius 3 is 2.08 bits per heavy atom. The number of Topliss-reactive ketones (excluding diaryl/α,β-unsaturated/α-hetero) is 1. The Kier molecular flexibility index (Phi) is 14.6. The molecule has 0 aromatic carbocycles. The highest BCUT2D eigenvalue weighted by Crippen LogP contribution is 2.41. The van der Waals surface area contributed by atoms with Gasteiger partial charge in [0.15, 0.2) is 18.3 Å². The molecule has 0 amide bonds. The lowest BCUT2D eigenvalue weighted by Crippen LogP contribution is -2.70. The number of nitrogens with two attached hydrogens (primary N) is 1. The number of hydrogen-bond donors (Lipinski definition) is 6. The SMILES string of the molecule is CC[C@H]1OC(=O)[C@H](C)[C@@H](OC2C[C@@](C)(OC)[C@@H](O)[C@H](C)O2)[C@H](C)[C@@H](OC2O[C@@H](C)C[C@@H](N(C)C)[C@@H]2O)[C@](C)(O)C[C@@H](C)C(=O)[C@H](C)[C@@](N)(O)[C@]1(C)O. The number of aliphatic hydroxyl groups is 5. The molecular weight excluding hydrogens is 680 g/mol. The summed E-state index contributed by atoms with van der Waals surface area (Å²) in [5.74, 6) is -5.64. The van der Waals surface area contributed by atoms with E-state index < -0.39 is 107 Å². The minimum atomic E-state index is -2.55. The summed E-state index contributed by atoms with van der Waals surface area (Å²) in [5, 5.41) is 58.0. The van der Waals surface area contributed by atoms with Crippen molar-refractivity contribution < 1.29 is 63.5 Å². The largest absolute Gasteiger partial charge is 0.459 e. The van der Waals surface area contributed by atoms with Crippen LogP contribution in [0.2, 0.25) is 0 Å². The third kappa shape index (κ3) is 9.03. The topological polar surface area (TPSA) is 220 Å². The number of hydrogen-bond acceptors (Lipinski definition) is 15. The van der Waals surface area contributed by atoms with Crippen molar-refractivity contribution in [3.8, 4) is 0 Å². The van der Waals surface area contributed by atoms with Crippen molar-refractivity contribution in [2.75, 3.05) is 21.2 Å². The van der Waals surface area contributed by atoms with Gasteiger partial charge < -0.3 is 64.6 Å². The summed E-state index contributed by atoms with van der Waals surface area (Å²) in [6.45, 7) is 15.9. The van der Waals surface area contributed by atoms with E-state index in [0.29, 0.717) is 6.42 Å². The second-order valence-corrected chi connectivity index (χ2v) is 16.7. The standard InChI is InChI=1S/C37H68N2O13/c1-14-25-36(10,45)37(38,46)22(6)27(40)18(2)16-34(8,44)31(52-33-28(41)24(39(11)12)15-19(3)48-33)20(4)29(21(5)32(43)50-25)51-26-17-35(9,47-13)30(42)23(7)49-26/h18-26,28-31,33,41-42,44-46H,14-17,38H2,1-13H3/t18-,19+,20+,21-,22+,23+,24-,25-,26?,28+,29+,30+,31-,33?,34-,35-,36-,37-/m1/s1. The Balaban J connectivity index is 2.21. The van der Waals surface area contributed by atoms with Crippen LogP contribution in [0, 0.1) is 23.7 Å². The predicted molar refractivity (Wildman–Crippen MR) is 189 cm³/mol. The third-order valence-corrected chi connectivity index (χ3v) is 12.2. The number of likely N-dealkylation sites (N-methyl/N-ethyl adjacent to an activating group) is 1. The quantitative estimate of drug-likeness (QED) is 0.159. The molecule has 15 nitrogen and oxygen atoms in total. The minimum Gasteiger partial charge on any atom is -0.459 e. The normalized spacial score (nSPS) is 50.5. The van der Waals surface area contributed by atoms with Gasteiger partial charge in [0.2, 0.25) is 0 Å². The van der Waals surface area contributed by atoms with E-state index in [-0.39, 0.29) is 31.4 Å². The van der Waals surface area contributed by atoms with E-state index in [1.807, 2.05) is 25.9 Å². The molecule has 0 aliphatic carbocycles. The Bertz CT molecular complexity index is 1220. The molecule has 0 radical (unpaired) electrons. The lowest BCUT2D eigenvalue weighted by Gasteiger charge is -2.49. The van der Waals surface area contributed by atoms with Gasteiger partial charge in [0.05, 0.1) is 47.5 Å². The van der Waals surface area contributed by atoms with Gasteiger partial charge in [-0.2, -0.15) is 0 Å². The Hall–Kier alpha value is -1.34. The van der Waals surface area contributed by atoms with E-state index in [1.54, 1.807) is 41.5 Å². The fraction of sp³-hybridized carbons (Fsp3) is 0.946. The van der Waals surface area contributed by atoms with Crippen molar-refractivity contribution in [1.82, 2.24) is 4.90 Å². The number of carbonyl (C=O) groups is 2. The summed E-state index contributed by atoms with van der Waals surface area (Å²) >= 11 is 0. The molecule has 3 rings (SSSR count). The van der Waals surface area contributed by atoms with E-state index in [1.165, 1.54) is 27.9 Å². The van der Waals surface area contributed by atoms with Crippen LogP contribution in [0.15, 0.2) is 0 Å². The average molecular weight is 749 g/mol. The molecule has 3 aliphatic heterocycles. The summed E-state index contributed by atoms with van der Waals surface area (Å²) in [7, 11) is 5.15. The van der Waals surface area contributed by atoms with E-state index >= 15 is 0 Å². The molecule has 0 aromatic heterocycles. The second-order valence-electron chi connectivity index (χ2n) is 16.7. The maximum atomic E-state index is 14.1. The Morgan fingerprint density at radius 1 is 0.942 bits per heavy atom. The van der Waals surface area contributed by atoms with Gasteiger partial charge in [-0.3, -0.25) is 9.59 Å². The third-order valence-electron chi connectivity index (χ3n) is 12.2. The van der Waals surface area contributed by atoms with Crippen LogP contribution >= 0.6 is 0 Å². The molecule has 15 heteroatoms. The smallest absolute Gasteiger partial charge is 0.311 e. The van der Waals surface area contributed by atoms with Crippen molar-refractivity contribution in [2.24, 2.45) is 29.4 Å². The first-order valence-electron chi connectivity index (χ1n) is 18.7. The fourth-order valence-electron chi connectivity index (χ4n) is 8.43. The molecule has 3 saturated heterocycles. The second kappa shape index (κ2) is 16.8. The van der Waals surface area contributed by atoms with E-state index in [2.05, 4.69) is 0 Å². The van der Waals surface area contributed by atoms with Crippen LogP contribution in [0.5, 0.6) is 0 Å². The maximum Gasteiger partial charge on any atom is 0.311 e. The number of rotatable bonds is 7. The Morgan fingerprint density at radius 2 is 1.54 bits per heavy atom. The van der Waals surface area contributed by atoms with Crippen molar-refractivity contribution in [2.45, 2.75) is 179 Å². The number of methoxy groups -OCH3 is 1. The summed E-state index contributed by atoms with van der Waals surface area (Å²) in [6.07, 6.45) is -8.66. The van der Waals surface area contributed by atoms with Gasteiger partial charge >= 0.3 is 5.97 Å². The van der Waals surface area contributed by atoms with Gasteiger partial charge in [-0.1, -0.05) is 27.7 Å². The van der Waals surface area contributed by atoms with Crippen LogP contribution in [-0.4, -0.2) is 147 Å². The molecule has 304 valence electrons. The molecule has 0 saturated carbocycles. The number of ether oxygens (including phenoxy) is 6.